The summed E-state index contributed by atoms with van der Waals surface area (Å²) < 4.78 is 5.26. The number of aliphatic hydroxyl groups excluding tert-OH is 1. The highest BCUT2D eigenvalue weighted by atomic mass is 16.5. The van der Waals surface area contributed by atoms with Gasteiger partial charge in [-0.2, -0.15) is 0 Å². The zero-order valence-corrected chi connectivity index (χ0v) is 13.1. The molecule has 0 aromatic heterocycles. The van der Waals surface area contributed by atoms with E-state index in [-0.39, 0.29) is 18.4 Å². The molecule has 0 aliphatic heterocycles. The summed E-state index contributed by atoms with van der Waals surface area (Å²) in [5, 5.41) is 11.8. The standard InChI is InChI=1S/C17H25NO3/c1-13-6-8-16(21-3)15(11-13)7-9-17(20)18-10-4-5-14(2)12-19/h6-9,11,14,19H,4-5,10,12H2,1-3H3,(H,18,20)/b9-7+. The van der Waals surface area contributed by atoms with E-state index < -0.39 is 0 Å². The zero-order valence-electron chi connectivity index (χ0n) is 13.1. The van der Waals surface area contributed by atoms with Crippen LogP contribution in [0.1, 0.15) is 30.9 Å². The maximum atomic E-state index is 11.7. The number of carbonyl (C=O) groups excluding carboxylic acids is 1. The van der Waals surface area contributed by atoms with Crippen LogP contribution in [-0.4, -0.2) is 31.3 Å². The van der Waals surface area contributed by atoms with Crippen molar-refractivity contribution in [3.05, 3.63) is 35.4 Å². The second-order valence-corrected chi connectivity index (χ2v) is 5.30. The van der Waals surface area contributed by atoms with Gasteiger partial charge in [0.15, 0.2) is 0 Å². The third-order valence-electron chi connectivity index (χ3n) is 3.28. The Bertz CT molecular complexity index is 483. The number of carbonyl (C=O) groups is 1. The lowest BCUT2D eigenvalue weighted by Gasteiger charge is -2.07. The summed E-state index contributed by atoms with van der Waals surface area (Å²) in [6, 6.07) is 5.84. The lowest BCUT2D eigenvalue weighted by molar-refractivity contribution is -0.116. The monoisotopic (exact) mass is 291 g/mol. The van der Waals surface area contributed by atoms with E-state index in [0.29, 0.717) is 6.54 Å². The molecule has 1 aromatic carbocycles. The maximum Gasteiger partial charge on any atom is 0.244 e. The van der Waals surface area contributed by atoms with Gasteiger partial charge < -0.3 is 15.2 Å². The second kappa shape index (κ2) is 9.19. The number of amides is 1. The van der Waals surface area contributed by atoms with E-state index in [1.807, 2.05) is 32.0 Å². The quantitative estimate of drug-likeness (QED) is 0.571. The van der Waals surface area contributed by atoms with Crippen molar-refractivity contribution in [3.8, 4) is 5.75 Å². The molecule has 1 amide bonds. The van der Waals surface area contributed by atoms with E-state index >= 15 is 0 Å². The van der Waals surface area contributed by atoms with Crippen molar-refractivity contribution in [2.45, 2.75) is 26.7 Å². The predicted octanol–water partition coefficient (Wildman–Crippen LogP) is 2.54. The molecule has 0 bridgehead atoms. The minimum absolute atomic E-state index is 0.116. The van der Waals surface area contributed by atoms with Gasteiger partial charge >= 0.3 is 0 Å². The molecule has 0 aliphatic carbocycles. The molecule has 1 unspecified atom stereocenters. The number of nitrogens with one attached hydrogen (secondary N) is 1. The molecule has 0 spiro atoms. The molecule has 0 saturated carbocycles. The van der Waals surface area contributed by atoms with Crippen LogP contribution in [0.25, 0.3) is 6.08 Å². The Hall–Kier alpha value is -1.81. The lowest BCUT2D eigenvalue weighted by atomic mass is 10.1. The number of rotatable bonds is 8. The third kappa shape index (κ3) is 6.45. The predicted molar refractivity (Wildman–Crippen MR) is 85.3 cm³/mol. The summed E-state index contributed by atoms with van der Waals surface area (Å²) in [5.74, 6) is 0.922. The van der Waals surface area contributed by atoms with Crippen molar-refractivity contribution in [3.63, 3.8) is 0 Å². The maximum absolute atomic E-state index is 11.7. The third-order valence-corrected chi connectivity index (χ3v) is 3.28. The van der Waals surface area contributed by atoms with Crippen LogP contribution < -0.4 is 10.1 Å². The van der Waals surface area contributed by atoms with E-state index in [0.717, 1.165) is 29.7 Å². The molecular formula is C17H25NO3. The summed E-state index contributed by atoms with van der Waals surface area (Å²) in [5.41, 5.74) is 2.01. The molecule has 21 heavy (non-hydrogen) atoms. The molecule has 2 N–H and O–H groups in total. The number of aryl methyl sites for hydroxylation is 1. The first-order chi connectivity index (χ1) is 10.1. The number of hydrogen-bond acceptors (Lipinski definition) is 3. The van der Waals surface area contributed by atoms with Gasteiger partial charge in [0.25, 0.3) is 0 Å². The largest absolute Gasteiger partial charge is 0.496 e. The molecule has 0 aliphatic rings. The van der Waals surface area contributed by atoms with Gasteiger partial charge in [-0.15, -0.1) is 0 Å². The number of hydrogen-bond donors (Lipinski definition) is 2. The van der Waals surface area contributed by atoms with Gasteiger partial charge in [0.1, 0.15) is 5.75 Å². The van der Waals surface area contributed by atoms with E-state index in [4.69, 9.17) is 9.84 Å². The number of aliphatic hydroxyl groups is 1. The fraction of sp³-hybridized carbons (Fsp3) is 0.471. The normalized spacial score (nSPS) is 12.4. The average molecular weight is 291 g/mol. The molecule has 1 rings (SSSR count). The van der Waals surface area contributed by atoms with Gasteiger partial charge in [-0.1, -0.05) is 18.6 Å². The summed E-state index contributed by atoms with van der Waals surface area (Å²) in [6.45, 7) is 4.81. The summed E-state index contributed by atoms with van der Waals surface area (Å²) in [7, 11) is 1.62. The van der Waals surface area contributed by atoms with Crippen LogP contribution in [0.4, 0.5) is 0 Å². The second-order valence-electron chi connectivity index (χ2n) is 5.30. The van der Waals surface area contributed by atoms with Crippen LogP contribution in [0, 0.1) is 12.8 Å². The van der Waals surface area contributed by atoms with Gasteiger partial charge in [-0.3, -0.25) is 4.79 Å². The van der Waals surface area contributed by atoms with Crippen LogP contribution in [0.3, 0.4) is 0 Å². The van der Waals surface area contributed by atoms with Gasteiger partial charge in [-0.05, 0) is 43.9 Å². The van der Waals surface area contributed by atoms with E-state index in [2.05, 4.69) is 5.32 Å². The molecule has 0 saturated heterocycles. The lowest BCUT2D eigenvalue weighted by Crippen LogP contribution is -2.22. The highest BCUT2D eigenvalue weighted by Gasteiger charge is 2.02. The highest BCUT2D eigenvalue weighted by molar-refractivity contribution is 5.92. The van der Waals surface area contributed by atoms with Crippen molar-refractivity contribution in [2.75, 3.05) is 20.3 Å². The van der Waals surface area contributed by atoms with Gasteiger partial charge in [0, 0.05) is 24.8 Å². The van der Waals surface area contributed by atoms with Crippen LogP contribution in [0.15, 0.2) is 24.3 Å². The SMILES string of the molecule is COc1ccc(C)cc1/C=C/C(=O)NCCCC(C)CO. The Morgan fingerprint density at radius 2 is 2.24 bits per heavy atom. The minimum Gasteiger partial charge on any atom is -0.496 e. The highest BCUT2D eigenvalue weighted by Crippen LogP contribution is 2.20. The summed E-state index contributed by atoms with van der Waals surface area (Å²) in [6.07, 6.45) is 5.06. The molecule has 4 nitrogen and oxygen atoms in total. The molecular weight excluding hydrogens is 266 g/mol. The van der Waals surface area contributed by atoms with Crippen molar-refractivity contribution >= 4 is 12.0 Å². The first kappa shape index (κ1) is 17.2. The van der Waals surface area contributed by atoms with Crippen LogP contribution >= 0.6 is 0 Å². The Kier molecular flexibility index (Phi) is 7.54. The number of ether oxygens (including phenoxy) is 1. The number of methoxy groups -OCH3 is 1. The molecule has 0 heterocycles. The van der Waals surface area contributed by atoms with Crippen LogP contribution in [0.5, 0.6) is 5.75 Å². The van der Waals surface area contributed by atoms with Crippen molar-refractivity contribution in [2.24, 2.45) is 5.92 Å². The molecule has 1 atom stereocenters. The molecule has 0 radical (unpaired) electrons. The van der Waals surface area contributed by atoms with E-state index in [1.54, 1.807) is 13.2 Å². The van der Waals surface area contributed by atoms with E-state index in [9.17, 15) is 4.79 Å². The Balaban J connectivity index is 2.45. The Morgan fingerprint density at radius 1 is 1.48 bits per heavy atom. The molecule has 0 fully saturated rings. The Labute approximate surface area is 126 Å². The first-order valence-electron chi connectivity index (χ1n) is 7.28. The minimum atomic E-state index is -0.116. The first-order valence-corrected chi connectivity index (χ1v) is 7.28. The Morgan fingerprint density at radius 3 is 2.90 bits per heavy atom. The zero-order chi connectivity index (χ0) is 15.7. The number of benzene rings is 1. The molecule has 1 aromatic rings. The molecule has 4 heteroatoms. The fourth-order valence-electron chi connectivity index (χ4n) is 1.96. The topological polar surface area (TPSA) is 58.6 Å². The van der Waals surface area contributed by atoms with Crippen molar-refractivity contribution < 1.29 is 14.6 Å². The van der Waals surface area contributed by atoms with Gasteiger partial charge in [0.05, 0.1) is 7.11 Å². The average Bonchev–Trinajstić information content (AvgIpc) is 2.49. The fourth-order valence-corrected chi connectivity index (χ4v) is 1.96. The van der Waals surface area contributed by atoms with E-state index in [1.165, 1.54) is 6.08 Å². The van der Waals surface area contributed by atoms with Crippen LogP contribution in [-0.2, 0) is 4.79 Å². The van der Waals surface area contributed by atoms with Crippen LogP contribution in [0.2, 0.25) is 0 Å². The smallest absolute Gasteiger partial charge is 0.244 e. The van der Waals surface area contributed by atoms with Gasteiger partial charge in [0.2, 0.25) is 5.91 Å². The molecule has 116 valence electrons. The van der Waals surface area contributed by atoms with Gasteiger partial charge in [-0.25, -0.2) is 0 Å². The van der Waals surface area contributed by atoms with Crippen molar-refractivity contribution in [1.82, 2.24) is 5.32 Å². The summed E-state index contributed by atoms with van der Waals surface area (Å²) in [4.78, 5) is 11.7. The summed E-state index contributed by atoms with van der Waals surface area (Å²) >= 11 is 0. The van der Waals surface area contributed by atoms with Crippen molar-refractivity contribution in [1.29, 1.82) is 0 Å².